The molecule has 1 amide bonds. The van der Waals surface area contributed by atoms with Crippen molar-refractivity contribution >= 4 is 54.0 Å². The molecule has 0 N–H and O–H groups in total. The molecule has 0 saturated carbocycles. The first-order chi connectivity index (χ1) is 14.2. The van der Waals surface area contributed by atoms with Gasteiger partial charge in [0.05, 0.1) is 15.1 Å². The molecule has 6 nitrogen and oxygen atoms in total. The highest BCUT2D eigenvalue weighted by Gasteiger charge is 2.27. The highest BCUT2D eigenvalue weighted by atomic mass is 35.5. The number of hydrogen-bond donors (Lipinski definition) is 0. The Bertz CT molecular complexity index is 1200. The van der Waals surface area contributed by atoms with Gasteiger partial charge in [-0.2, -0.15) is 0 Å². The van der Waals surface area contributed by atoms with Crippen molar-refractivity contribution in [1.82, 2.24) is 9.88 Å². The van der Waals surface area contributed by atoms with Gasteiger partial charge in [-0.3, -0.25) is 4.79 Å². The number of carbonyl (C=O) groups is 1. The summed E-state index contributed by atoms with van der Waals surface area (Å²) in [7, 11) is -3.69. The molecule has 9 heteroatoms. The molecule has 2 heterocycles. The summed E-state index contributed by atoms with van der Waals surface area (Å²) in [5.74, 6) is -0.908. The Hall–Kier alpha value is -2.16. The summed E-state index contributed by atoms with van der Waals surface area (Å²) in [5, 5.41) is 1.40. The highest BCUT2D eigenvalue weighted by Crippen LogP contribution is 2.32. The van der Waals surface area contributed by atoms with Gasteiger partial charge < -0.3 is 9.80 Å². The Morgan fingerprint density at radius 2 is 1.77 bits per heavy atom. The van der Waals surface area contributed by atoms with Crippen LogP contribution in [0.3, 0.4) is 0 Å². The first-order valence-electron chi connectivity index (χ1n) is 9.62. The van der Waals surface area contributed by atoms with Gasteiger partial charge in [0.2, 0.25) is 5.91 Å². The Morgan fingerprint density at radius 3 is 2.43 bits per heavy atom. The molecule has 0 atom stereocenters. The van der Waals surface area contributed by atoms with Crippen LogP contribution in [-0.4, -0.2) is 56.1 Å². The Kier molecular flexibility index (Phi) is 5.74. The number of sulfone groups is 1. The lowest BCUT2D eigenvalue weighted by molar-refractivity contribution is -0.128. The maximum Gasteiger partial charge on any atom is 0.238 e. The number of nitrogens with zero attached hydrogens (tertiary/aromatic N) is 3. The Morgan fingerprint density at radius 1 is 1.10 bits per heavy atom. The predicted octanol–water partition coefficient (Wildman–Crippen LogP) is 3.69. The Labute approximate surface area is 185 Å². The predicted molar refractivity (Wildman–Crippen MR) is 121 cm³/mol. The van der Waals surface area contributed by atoms with Crippen molar-refractivity contribution in [2.75, 3.05) is 36.8 Å². The van der Waals surface area contributed by atoms with Crippen LogP contribution in [0.5, 0.6) is 0 Å². The molecule has 1 aliphatic rings. The molecule has 1 aromatic heterocycles. The zero-order valence-electron chi connectivity index (χ0n) is 16.8. The second kappa shape index (κ2) is 8.17. The largest absolute Gasteiger partial charge is 0.345 e. The van der Waals surface area contributed by atoms with Crippen LogP contribution in [0, 0.1) is 13.8 Å². The molecule has 158 valence electrons. The van der Waals surface area contributed by atoms with Crippen LogP contribution in [0.4, 0.5) is 5.13 Å². The van der Waals surface area contributed by atoms with Crippen LogP contribution in [0.25, 0.3) is 10.2 Å². The van der Waals surface area contributed by atoms with Crippen LogP contribution >= 0.6 is 22.9 Å². The van der Waals surface area contributed by atoms with Gasteiger partial charge in [0.15, 0.2) is 15.0 Å². The van der Waals surface area contributed by atoms with E-state index in [0.717, 1.165) is 10.6 Å². The Balaban J connectivity index is 1.41. The molecular weight excluding hydrogens is 442 g/mol. The van der Waals surface area contributed by atoms with Gasteiger partial charge in [-0.1, -0.05) is 29.0 Å². The zero-order valence-corrected chi connectivity index (χ0v) is 19.1. The molecule has 30 heavy (non-hydrogen) atoms. The second-order valence-electron chi connectivity index (χ2n) is 7.51. The van der Waals surface area contributed by atoms with Crippen molar-refractivity contribution in [1.29, 1.82) is 0 Å². The number of anilines is 1. The van der Waals surface area contributed by atoms with Crippen LogP contribution in [0.1, 0.15) is 11.1 Å². The van der Waals surface area contributed by atoms with Crippen LogP contribution in [-0.2, 0) is 14.6 Å². The van der Waals surface area contributed by atoms with E-state index in [-0.39, 0.29) is 10.8 Å². The lowest BCUT2D eigenvalue weighted by Gasteiger charge is -2.34. The number of aryl methyl sites for hydroxylation is 2. The van der Waals surface area contributed by atoms with E-state index < -0.39 is 15.6 Å². The second-order valence-corrected chi connectivity index (χ2v) is 10.9. The van der Waals surface area contributed by atoms with E-state index in [1.54, 1.807) is 16.2 Å². The molecule has 0 spiro atoms. The zero-order chi connectivity index (χ0) is 21.5. The summed E-state index contributed by atoms with van der Waals surface area (Å²) in [6, 6.07) is 10.1. The smallest absolute Gasteiger partial charge is 0.238 e. The summed E-state index contributed by atoms with van der Waals surface area (Å²) in [4.78, 5) is 21.3. The van der Waals surface area contributed by atoms with Gasteiger partial charge in [0.25, 0.3) is 0 Å². The first kappa shape index (κ1) is 21.1. The third kappa shape index (κ3) is 4.31. The van der Waals surface area contributed by atoms with Crippen LogP contribution < -0.4 is 4.90 Å². The number of halogens is 1. The topological polar surface area (TPSA) is 70.6 Å². The maximum atomic E-state index is 12.6. The number of carbonyl (C=O) groups excluding carboxylic acids is 1. The average Bonchev–Trinajstić information content (AvgIpc) is 3.12. The molecule has 2 aromatic carbocycles. The van der Waals surface area contributed by atoms with E-state index in [1.807, 2.05) is 0 Å². The first-order valence-corrected chi connectivity index (χ1v) is 12.5. The number of piperazine rings is 1. The van der Waals surface area contributed by atoms with Crippen molar-refractivity contribution in [2.24, 2.45) is 0 Å². The van der Waals surface area contributed by atoms with Gasteiger partial charge in [-0.15, -0.1) is 0 Å². The third-order valence-corrected chi connectivity index (χ3v) is 8.33. The highest BCUT2D eigenvalue weighted by molar-refractivity contribution is 7.92. The van der Waals surface area contributed by atoms with Gasteiger partial charge in [-0.25, -0.2) is 13.4 Å². The normalized spacial score (nSPS) is 15.0. The molecule has 0 radical (unpaired) electrons. The molecular formula is C21H22ClN3O3S2. The van der Waals surface area contributed by atoms with Gasteiger partial charge in [0.1, 0.15) is 5.75 Å². The molecule has 1 fully saturated rings. The van der Waals surface area contributed by atoms with Gasteiger partial charge in [-0.05, 0) is 55.3 Å². The molecule has 0 unspecified atom stereocenters. The standard InChI is InChI=1S/C21H22ClN3O3S2/c1-14-11-15(2)20-18(12-14)23-21(29-20)25-9-7-24(8-10-25)19(26)13-30(27,28)17-5-3-16(22)4-6-17/h3-6,11-12H,7-10,13H2,1-2H3. The number of fused-ring (bicyclic) bond motifs is 1. The van der Waals surface area contributed by atoms with Crippen molar-refractivity contribution in [3.63, 3.8) is 0 Å². The summed E-state index contributed by atoms with van der Waals surface area (Å²) in [6.45, 7) is 6.37. The quantitative estimate of drug-likeness (QED) is 0.590. The van der Waals surface area contributed by atoms with Crippen molar-refractivity contribution in [3.8, 4) is 0 Å². The van der Waals surface area contributed by atoms with E-state index in [4.69, 9.17) is 16.6 Å². The minimum absolute atomic E-state index is 0.110. The number of hydrogen-bond acceptors (Lipinski definition) is 6. The fraction of sp³-hybridized carbons (Fsp3) is 0.333. The minimum Gasteiger partial charge on any atom is -0.345 e. The molecule has 4 rings (SSSR count). The number of benzene rings is 2. The summed E-state index contributed by atoms with van der Waals surface area (Å²) >= 11 is 7.48. The van der Waals surface area contributed by atoms with Crippen molar-refractivity contribution < 1.29 is 13.2 Å². The molecule has 0 aliphatic carbocycles. The summed E-state index contributed by atoms with van der Waals surface area (Å²) in [5.41, 5.74) is 3.41. The summed E-state index contributed by atoms with van der Waals surface area (Å²) in [6.07, 6.45) is 0. The average molecular weight is 464 g/mol. The lowest BCUT2D eigenvalue weighted by Crippen LogP contribution is -2.50. The molecule has 1 aliphatic heterocycles. The van der Waals surface area contributed by atoms with Crippen LogP contribution in [0.2, 0.25) is 5.02 Å². The van der Waals surface area contributed by atoms with Crippen LogP contribution in [0.15, 0.2) is 41.3 Å². The SMILES string of the molecule is Cc1cc(C)c2sc(N3CCN(C(=O)CS(=O)(=O)c4ccc(Cl)cc4)CC3)nc2c1. The van der Waals surface area contributed by atoms with E-state index in [1.165, 1.54) is 40.1 Å². The molecule has 1 saturated heterocycles. The van der Waals surface area contributed by atoms with Crippen molar-refractivity contribution in [2.45, 2.75) is 18.7 Å². The molecule has 0 bridgehead atoms. The minimum atomic E-state index is -3.69. The number of amides is 1. The van der Waals surface area contributed by atoms with Crippen molar-refractivity contribution in [3.05, 3.63) is 52.5 Å². The fourth-order valence-corrected chi connectivity index (χ4v) is 6.04. The van der Waals surface area contributed by atoms with Gasteiger partial charge >= 0.3 is 0 Å². The third-order valence-electron chi connectivity index (χ3n) is 5.20. The van der Waals surface area contributed by atoms with E-state index >= 15 is 0 Å². The summed E-state index contributed by atoms with van der Waals surface area (Å²) < 4.78 is 26.2. The molecule has 3 aromatic rings. The van der Waals surface area contributed by atoms with E-state index in [2.05, 4.69) is 30.9 Å². The van der Waals surface area contributed by atoms with E-state index in [0.29, 0.717) is 31.2 Å². The lowest BCUT2D eigenvalue weighted by atomic mass is 10.1. The number of aromatic nitrogens is 1. The number of thiazole rings is 1. The van der Waals surface area contributed by atoms with E-state index in [9.17, 15) is 13.2 Å². The van der Waals surface area contributed by atoms with Gasteiger partial charge in [0, 0.05) is 31.2 Å². The maximum absolute atomic E-state index is 12.6. The number of rotatable bonds is 4. The fourth-order valence-electron chi connectivity index (χ4n) is 3.63. The monoisotopic (exact) mass is 463 g/mol.